The number of furan rings is 1. The van der Waals surface area contributed by atoms with Crippen LogP contribution in [0.15, 0.2) is 77.4 Å². The topological polar surface area (TPSA) is 68.1 Å². The summed E-state index contributed by atoms with van der Waals surface area (Å²) in [7, 11) is 1.63. The Morgan fingerprint density at radius 1 is 1.08 bits per heavy atom. The monoisotopic (exact) mass is 351 g/mol. The first-order chi connectivity index (χ1) is 12.8. The molecule has 0 bridgehead atoms. The van der Waals surface area contributed by atoms with Gasteiger partial charge in [-0.2, -0.15) is 0 Å². The molecule has 3 rings (SSSR count). The van der Waals surface area contributed by atoms with Gasteiger partial charge in [0.2, 0.25) is 0 Å². The molecular formula is C21H23N2O3+. The molecule has 0 unspecified atom stereocenters. The molecule has 0 radical (unpaired) electrons. The number of ether oxygens (including phenoxy) is 1. The summed E-state index contributed by atoms with van der Waals surface area (Å²) < 4.78 is 10.9. The molecule has 5 heteroatoms. The maximum Gasteiger partial charge on any atom is 0.275 e. The zero-order valence-electron chi connectivity index (χ0n) is 14.7. The fourth-order valence-corrected chi connectivity index (χ4v) is 2.88. The van der Waals surface area contributed by atoms with E-state index in [0.29, 0.717) is 13.1 Å². The summed E-state index contributed by atoms with van der Waals surface area (Å²) in [4.78, 5) is 12.3. The number of rotatable bonds is 8. The number of nitrogens with two attached hydrogens (primary N) is 1. The van der Waals surface area contributed by atoms with Crippen LogP contribution in [-0.4, -0.2) is 19.6 Å². The minimum Gasteiger partial charge on any atom is -0.496 e. The molecule has 1 heterocycles. The average Bonchev–Trinajstić information content (AvgIpc) is 3.22. The number of carbonyl (C=O) groups is 1. The smallest absolute Gasteiger partial charge is 0.275 e. The number of benzene rings is 2. The zero-order valence-corrected chi connectivity index (χ0v) is 14.7. The molecule has 2 aromatic carbocycles. The van der Waals surface area contributed by atoms with Crippen LogP contribution in [0.1, 0.15) is 22.9 Å². The van der Waals surface area contributed by atoms with Crippen LogP contribution in [-0.2, 0) is 11.3 Å². The fraction of sp³-hybridized carbons (Fsp3) is 0.190. The molecule has 1 atom stereocenters. The molecule has 134 valence electrons. The second kappa shape index (κ2) is 8.87. The predicted octanol–water partition coefficient (Wildman–Crippen LogP) is 2.26. The van der Waals surface area contributed by atoms with Gasteiger partial charge in [-0.25, -0.2) is 0 Å². The van der Waals surface area contributed by atoms with Crippen LogP contribution in [0.4, 0.5) is 0 Å². The molecule has 3 N–H and O–H groups in total. The minimum atomic E-state index is -0.0526. The van der Waals surface area contributed by atoms with Gasteiger partial charge in [0.15, 0.2) is 18.3 Å². The third-order valence-electron chi connectivity index (χ3n) is 4.22. The van der Waals surface area contributed by atoms with E-state index in [1.807, 2.05) is 72.0 Å². The molecule has 0 aliphatic rings. The Balaban J connectivity index is 1.60. The van der Waals surface area contributed by atoms with Gasteiger partial charge in [0.05, 0.1) is 13.4 Å². The Morgan fingerprint density at radius 2 is 1.85 bits per heavy atom. The van der Waals surface area contributed by atoms with Crippen molar-refractivity contribution in [3.8, 4) is 5.75 Å². The largest absolute Gasteiger partial charge is 0.496 e. The van der Waals surface area contributed by atoms with E-state index in [1.165, 1.54) is 0 Å². The average molecular weight is 351 g/mol. The van der Waals surface area contributed by atoms with Gasteiger partial charge in [0.25, 0.3) is 5.91 Å². The normalized spacial score (nSPS) is 11.7. The summed E-state index contributed by atoms with van der Waals surface area (Å²) in [6.45, 7) is 0.739. The van der Waals surface area contributed by atoms with Crippen molar-refractivity contribution in [2.75, 3.05) is 13.7 Å². The third-order valence-corrected chi connectivity index (χ3v) is 4.22. The Kier molecular flexibility index (Phi) is 6.06. The van der Waals surface area contributed by atoms with Crippen LogP contribution in [0, 0.1) is 0 Å². The van der Waals surface area contributed by atoms with E-state index in [2.05, 4.69) is 5.32 Å². The molecule has 0 aliphatic heterocycles. The first kappa shape index (κ1) is 17.8. The van der Waals surface area contributed by atoms with Crippen molar-refractivity contribution in [1.82, 2.24) is 5.32 Å². The van der Waals surface area contributed by atoms with Gasteiger partial charge >= 0.3 is 0 Å². The molecule has 3 aromatic rings. The summed E-state index contributed by atoms with van der Waals surface area (Å²) in [5, 5.41) is 4.92. The fourth-order valence-electron chi connectivity index (χ4n) is 2.88. The summed E-state index contributed by atoms with van der Waals surface area (Å²) in [5.41, 5.74) is 2.05. The molecule has 26 heavy (non-hydrogen) atoms. The van der Waals surface area contributed by atoms with Crippen LogP contribution in [0.3, 0.4) is 0 Å². The second-order valence-electron chi connectivity index (χ2n) is 5.93. The predicted molar refractivity (Wildman–Crippen MR) is 98.6 cm³/mol. The molecule has 0 saturated carbocycles. The highest BCUT2D eigenvalue weighted by molar-refractivity contribution is 5.76. The Hall–Kier alpha value is -3.05. The highest BCUT2D eigenvalue weighted by Crippen LogP contribution is 2.18. The van der Waals surface area contributed by atoms with Gasteiger partial charge < -0.3 is 19.8 Å². The Morgan fingerprint density at radius 3 is 2.58 bits per heavy atom. The number of amides is 1. The maximum atomic E-state index is 12.3. The van der Waals surface area contributed by atoms with E-state index in [0.717, 1.165) is 22.6 Å². The number of hydrogen-bond acceptors (Lipinski definition) is 3. The quantitative estimate of drug-likeness (QED) is 0.654. The lowest BCUT2D eigenvalue weighted by atomic mass is 10.0. The number of hydrogen-bond donors (Lipinski definition) is 2. The highest BCUT2D eigenvalue weighted by Gasteiger charge is 2.21. The van der Waals surface area contributed by atoms with E-state index in [1.54, 1.807) is 13.4 Å². The van der Waals surface area contributed by atoms with Crippen molar-refractivity contribution in [2.45, 2.75) is 12.6 Å². The number of quaternary nitrogens is 1. The van der Waals surface area contributed by atoms with Crippen LogP contribution < -0.4 is 15.4 Å². The van der Waals surface area contributed by atoms with Gasteiger partial charge in [-0.05, 0) is 18.2 Å². The lowest BCUT2D eigenvalue weighted by Crippen LogP contribution is -2.87. The maximum absolute atomic E-state index is 12.3. The summed E-state index contributed by atoms with van der Waals surface area (Å²) in [6, 6.07) is 21.4. The van der Waals surface area contributed by atoms with Crippen molar-refractivity contribution >= 4 is 5.91 Å². The summed E-state index contributed by atoms with van der Waals surface area (Å²) in [6.07, 6.45) is 1.65. The van der Waals surface area contributed by atoms with Crippen molar-refractivity contribution in [1.29, 1.82) is 0 Å². The molecule has 1 amide bonds. The van der Waals surface area contributed by atoms with E-state index in [-0.39, 0.29) is 11.9 Å². The molecule has 0 fully saturated rings. The molecule has 0 aliphatic carbocycles. The number of para-hydroxylation sites is 1. The molecule has 0 spiro atoms. The standard InChI is InChI=1S/C21H22N2O3/c1-25-18-11-6-5-10-17(18)14-22-20(24)15-23-21(19-12-7-13-26-19)16-8-3-2-4-9-16/h2-13,21,23H,14-15H2,1H3,(H,22,24)/p+1/t21-/m1/s1. The van der Waals surface area contributed by atoms with Crippen LogP contribution >= 0.6 is 0 Å². The number of nitrogens with one attached hydrogen (secondary N) is 1. The van der Waals surface area contributed by atoms with Crippen molar-refractivity contribution in [2.24, 2.45) is 0 Å². The van der Waals surface area contributed by atoms with Gasteiger partial charge in [0, 0.05) is 17.7 Å². The first-order valence-corrected chi connectivity index (χ1v) is 8.58. The minimum absolute atomic E-state index is 0.0385. The van der Waals surface area contributed by atoms with E-state index in [9.17, 15) is 4.79 Å². The van der Waals surface area contributed by atoms with Gasteiger partial charge in [0.1, 0.15) is 5.75 Å². The summed E-state index contributed by atoms with van der Waals surface area (Å²) in [5.74, 6) is 1.56. The van der Waals surface area contributed by atoms with Crippen LogP contribution in [0.25, 0.3) is 0 Å². The van der Waals surface area contributed by atoms with Crippen molar-refractivity contribution < 1.29 is 19.3 Å². The third kappa shape index (κ3) is 4.52. The van der Waals surface area contributed by atoms with Crippen LogP contribution in [0.5, 0.6) is 5.75 Å². The molecular weight excluding hydrogens is 328 g/mol. The van der Waals surface area contributed by atoms with Gasteiger partial charge in [-0.1, -0.05) is 48.5 Å². The Bertz CT molecular complexity index is 816. The summed E-state index contributed by atoms with van der Waals surface area (Å²) >= 11 is 0. The zero-order chi connectivity index (χ0) is 18.2. The Labute approximate surface area is 153 Å². The number of methoxy groups -OCH3 is 1. The van der Waals surface area contributed by atoms with E-state index in [4.69, 9.17) is 9.15 Å². The number of carbonyl (C=O) groups excluding carboxylic acids is 1. The van der Waals surface area contributed by atoms with E-state index >= 15 is 0 Å². The van der Waals surface area contributed by atoms with Crippen LogP contribution in [0.2, 0.25) is 0 Å². The van der Waals surface area contributed by atoms with Crippen molar-refractivity contribution in [3.05, 3.63) is 89.9 Å². The van der Waals surface area contributed by atoms with Gasteiger partial charge in [-0.3, -0.25) is 4.79 Å². The van der Waals surface area contributed by atoms with Crippen molar-refractivity contribution in [3.63, 3.8) is 0 Å². The SMILES string of the molecule is COc1ccccc1CNC(=O)C[NH2+][C@H](c1ccccc1)c1ccco1. The molecule has 0 saturated heterocycles. The lowest BCUT2D eigenvalue weighted by Gasteiger charge is -2.14. The second-order valence-corrected chi connectivity index (χ2v) is 5.93. The highest BCUT2D eigenvalue weighted by atomic mass is 16.5. The van der Waals surface area contributed by atoms with E-state index < -0.39 is 0 Å². The molecule has 5 nitrogen and oxygen atoms in total. The lowest BCUT2D eigenvalue weighted by molar-refractivity contribution is -0.678. The van der Waals surface area contributed by atoms with Gasteiger partial charge in [-0.15, -0.1) is 0 Å². The molecule has 1 aromatic heterocycles. The first-order valence-electron chi connectivity index (χ1n) is 8.58.